The zero-order valence-corrected chi connectivity index (χ0v) is 7.06. The molecule has 1 spiro atoms. The summed E-state index contributed by atoms with van der Waals surface area (Å²) in [5.41, 5.74) is 0.826. The van der Waals surface area contributed by atoms with Crippen molar-refractivity contribution in [2.45, 2.75) is 26.2 Å². The van der Waals surface area contributed by atoms with Crippen LogP contribution in [0.2, 0.25) is 0 Å². The second-order valence-electron chi connectivity index (χ2n) is 4.28. The van der Waals surface area contributed by atoms with E-state index in [4.69, 9.17) is 0 Å². The van der Waals surface area contributed by atoms with Crippen molar-refractivity contribution in [1.29, 1.82) is 0 Å². The van der Waals surface area contributed by atoms with Crippen LogP contribution < -0.4 is 0 Å². The standard InChI is InChI=1S/C9H17N/c1-8-7-10(2)6-5-9(8)3-4-9/h8H,3-7H2,1-2H3. The molecule has 0 radical (unpaired) electrons. The van der Waals surface area contributed by atoms with E-state index >= 15 is 0 Å². The average Bonchev–Trinajstić information content (AvgIpc) is 2.62. The Morgan fingerprint density at radius 2 is 2.00 bits per heavy atom. The molecule has 1 aliphatic carbocycles. The highest BCUT2D eigenvalue weighted by molar-refractivity contribution is 5.00. The van der Waals surface area contributed by atoms with Crippen LogP contribution in [0.1, 0.15) is 26.2 Å². The first-order valence-corrected chi connectivity index (χ1v) is 4.41. The summed E-state index contributed by atoms with van der Waals surface area (Å²) in [7, 11) is 2.24. The summed E-state index contributed by atoms with van der Waals surface area (Å²) in [4.78, 5) is 2.47. The van der Waals surface area contributed by atoms with Crippen molar-refractivity contribution in [1.82, 2.24) is 4.90 Å². The summed E-state index contributed by atoms with van der Waals surface area (Å²) in [6.07, 6.45) is 4.49. The van der Waals surface area contributed by atoms with Crippen LogP contribution in [0, 0.1) is 11.3 Å². The van der Waals surface area contributed by atoms with Gasteiger partial charge >= 0.3 is 0 Å². The molecule has 1 aliphatic heterocycles. The first-order valence-electron chi connectivity index (χ1n) is 4.41. The topological polar surface area (TPSA) is 3.24 Å². The van der Waals surface area contributed by atoms with E-state index in [9.17, 15) is 0 Å². The highest BCUT2D eigenvalue weighted by atomic mass is 15.1. The van der Waals surface area contributed by atoms with Crippen molar-refractivity contribution >= 4 is 0 Å². The predicted octanol–water partition coefficient (Wildman–Crippen LogP) is 1.74. The highest BCUT2D eigenvalue weighted by Gasteiger charge is 2.48. The summed E-state index contributed by atoms with van der Waals surface area (Å²) < 4.78 is 0. The third kappa shape index (κ3) is 0.878. The van der Waals surface area contributed by atoms with E-state index in [0.717, 1.165) is 11.3 Å². The molecule has 1 atom stereocenters. The Kier molecular flexibility index (Phi) is 1.31. The smallest absolute Gasteiger partial charge is 0.000928 e. The second kappa shape index (κ2) is 1.97. The van der Waals surface area contributed by atoms with Gasteiger partial charge in [0.25, 0.3) is 0 Å². The molecule has 0 amide bonds. The summed E-state index contributed by atoms with van der Waals surface area (Å²) in [5.74, 6) is 0.964. The Balaban J connectivity index is 2.01. The molecular weight excluding hydrogens is 122 g/mol. The fourth-order valence-electron chi connectivity index (χ4n) is 2.32. The minimum Gasteiger partial charge on any atom is -0.306 e. The lowest BCUT2D eigenvalue weighted by molar-refractivity contribution is 0.138. The van der Waals surface area contributed by atoms with E-state index in [1.165, 1.54) is 32.4 Å². The summed E-state index contributed by atoms with van der Waals surface area (Å²) in [6.45, 7) is 5.09. The molecule has 0 aromatic rings. The van der Waals surface area contributed by atoms with E-state index in [1.54, 1.807) is 0 Å². The van der Waals surface area contributed by atoms with Crippen molar-refractivity contribution in [3.05, 3.63) is 0 Å². The van der Waals surface area contributed by atoms with Gasteiger partial charge in [-0.1, -0.05) is 6.92 Å². The van der Waals surface area contributed by atoms with Gasteiger partial charge in [-0.2, -0.15) is 0 Å². The second-order valence-corrected chi connectivity index (χ2v) is 4.28. The van der Waals surface area contributed by atoms with Crippen LogP contribution in [-0.2, 0) is 0 Å². The molecule has 0 aromatic heterocycles. The fourth-order valence-corrected chi connectivity index (χ4v) is 2.32. The van der Waals surface area contributed by atoms with E-state index < -0.39 is 0 Å². The molecule has 10 heavy (non-hydrogen) atoms. The first-order chi connectivity index (χ1) is 4.73. The van der Waals surface area contributed by atoms with Crippen LogP contribution in [0.4, 0.5) is 0 Å². The molecule has 2 fully saturated rings. The zero-order chi connectivity index (χ0) is 7.19. The van der Waals surface area contributed by atoms with E-state index in [2.05, 4.69) is 18.9 Å². The lowest BCUT2D eigenvalue weighted by Gasteiger charge is -2.35. The first kappa shape index (κ1) is 6.66. The molecule has 1 saturated heterocycles. The molecule has 1 heteroatoms. The van der Waals surface area contributed by atoms with Gasteiger partial charge in [0.1, 0.15) is 0 Å². The van der Waals surface area contributed by atoms with Crippen LogP contribution in [0.3, 0.4) is 0 Å². The lowest BCUT2D eigenvalue weighted by Crippen LogP contribution is -2.37. The molecule has 2 aliphatic rings. The van der Waals surface area contributed by atoms with Crippen LogP contribution in [-0.4, -0.2) is 25.0 Å². The predicted molar refractivity (Wildman–Crippen MR) is 42.9 cm³/mol. The van der Waals surface area contributed by atoms with Crippen molar-refractivity contribution in [2.75, 3.05) is 20.1 Å². The van der Waals surface area contributed by atoms with Crippen molar-refractivity contribution < 1.29 is 0 Å². The van der Waals surface area contributed by atoms with E-state index in [-0.39, 0.29) is 0 Å². The maximum Gasteiger partial charge on any atom is 0.000928 e. The van der Waals surface area contributed by atoms with Crippen LogP contribution in [0.5, 0.6) is 0 Å². The van der Waals surface area contributed by atoms with Gasteiger partial charge in [-0.15, -0.1) is 0 Å². The fraction of sp³-hybridized carbons (Fsp3) is 1.00. The minimum atomic E-state index is 0.826. The molecule has 0 aromatic carbocycles. The molecule has 1 saturated carbocycles. The van der Waals surface area contributed by atoms with Gasteiger partial charge in [0.15, 0.2) is 0 Å². The van der Waals surface area contributed by atoms with Crippen LogP contribution >= 0.6 is 0 Å². The summed E-state index contributed by atoms with van der Waals surface area (Å²) in [5, 5.41) is 0. The largest absolute Gasteiger partial charge is 0.306 e. The lowest BCUT2D eigenvalue weighted by atomic mass is 9.84. The Labute approximate surface area is 63.4 Å². The molecule has 1 heterocycles. The van der Waals surface area contributed by atoms with Crippen molar-refractivity contribution in [3.8, 4) is 0 Å². The molecule has 1 unspecified atom stereocenters. The van der Waals surface area contributed by atoms with Crippen LogP contribution in [0.25, 0.3) is 0 Å². The molecule has 0 bridgehead atoms. The summed E-state index contributed by atoms with van der Waals surface area (Å²) >= 11 is 0. The number of rotatable bonds is 0. The quantitative estimate of drug-likeness (QED) is 0.494. The van der Waals surface area contributed by atoms with Crippen LogP contribution in [0.15, 0.2) is 0 Å². The van der Waals surface area contributed by atoms with Gasteiger partial charge in [-0.3, -0.25) is 0 Å². The highest BCUT2D eigenvalue weighted by Crippen LogP contribution is 2.56. The third-order valence-corrected chi connectivity index (χ3v) is 3.51. The Morgan fingerprint density at radius 3 is 2.50 bits per heavy atom. The van der Waals surface area contributed by atoms with Crippen molar-refractivity contribution in [2.24, 2.45) is 11.3 Å². The number of likely N-dealkylation sites (tertiary alicyclic amines) is 1. The Bertz CT molecular complexity index is 138. The number of hydrogen-bond donors (Lipinski definition) is 0. The van der Waals surface area contributed by atoms with E-state index in [1.807, 2.05) is 0 Å². The van der Waals surface area contributed by atoms with Gasteiger partial charge in [-0.05, 0) is 44.2 Å². The SMILES string of the molecule is CC1CN(C)CCC12CC2. The minimum absolute atomic E-state index is 0.826. The van der Waals surface area contributed by atoms with Gasteiger partial charge in [0, 0.05) is 6.54 Å². The Morgan fingerprint density at radius 1 is 1.30 bits per heavy atom. The maximum atomic E-state index is 2.47. The zero-order valence-electron chi connectivity index (χ0n) is 7.06. The monoisotopic (exact) mass is 139 g/mol. The maximum absolute atomic E-state index is 2.47. The Hall–Kier alpha value is -0.0400. The molecule has 0 N–H and O–H groups in total. The number of nitrogens with zero attached hydrogens (tertiary/aromatic N) is 1. The van der Waals surface area contributed by atoms with Gasteiger partial charge in [0.05, 0.1) is 0 Å². The number of hydrogen-bond acceptors (Lipinski definition) is 1. The van der Waals surface area contributed by atoms with Crippen molar-refractivity contribution in [3.63, 3.8) is 0 Å². The summed E-state index contributed by atoms with van der Waals surface area (Å²) in [6, 6.07) is 0. The average molecular weight is 139 g/mol. The number of piperidine rings is 1. The van der Waals surface area contributed by atoms with Gasteiger partial charge < -0.3 is 4.90 Å². The van der Waals surface area contributed by atoms with Gasteiger partial charge in [0.2, 0.25) is 0 Å². The molecule has 58 valence electrons. The molecular formula is C9H17N. The van der Waals surface area contributed by atoms with Gasteiger partial charge in [-0.25, -0.2) is 0 Å². The molecule has 2 rings (SSSR count). The third-order valence-electron chi connectivity index (χ3n) is 3.51. The molecule has 1 nitrogen and oxygen atoms in total. The van der Waals surface area contributed by atoms with E-state index in [0.29, 0.717) is 0 Å². The normalized spacial score (nSPS) is 38.4.